The fraction of sp³-hybridized carbons (Fsp3) is 0.938. The van der Waals surface area contributed by atoms with Gasteiger partial charge in [0.25, 0.3) is 0 Å². The van der Waals surface area contributed by atoms with Gasteiger partial charge in [-0.3, -0.25) is 4.79 Å². The van der Waals surface area contributed by atoms with Crippen LogP contribution in [0.25, 0.3) is 0 Å². The summed E-state index contributed by atoms with van der Waals surface area (Å²) in [5.41, 5.74) is 6.03. The summed E-state index contributed by atoms with van der Waals surface area (Å²) in [5, 5.41) is 3.22. The molecule has 118 valence electrons. The number of nitrogens with two attached hydrogens (primary N) is 1. The molecule has 0 heterocycles. The minimum atomic E-state index is 0.0575. The lowest BCUT2D eigenvalue weighted by atomic mass is 9.71. The van der Waals surface area contributed by atoms with E-state index >= 15 is 0 Å². The van der Waals surface area contributed by atoms with E-state index in [9.17, 15) is 4.79 Å². The maximum absolute atomic E-state index is 12.4. The molecule has 0 aromatic carbocycles. The Labute approximate surface area is 124 Å². The van der Waals surface area contributed by atoms with Crippen LogP contribution in [0.1, 0.15) is 52.4 Å². The molecule has 1 aliphatic carbocycles. The van der Waals surface area contributed by atoms with Crippen molar-refractivity contribution in [2.24, 2.45) is 17.1 Å². The van der Waals surface area contributed by atoms with Crippen molar-refractivity contribution < 1.29 is 4.79 Å². The molecular formula is C16H33N3O. The number of hydrogen-bond donors (Lipinski definition) is 2. The molecule has 4 nitrogen and oxygen atoms in total. The number of likely N-dealkylation sites (N-methyl/N-ethyl adjacent to an activating group) is 1. The summed E-state index contributed by atoms with van der Waals surface area (Å²) in [6, 6.07) is 0.218. The number of nitrogens with zero attached hydrogens (tertiary/aromatic N) is 1. The maximum atomic E-state index is 12.4. The second-order valence-electron chi connectivity index (χ2n) is 7.12. The fourth-order valence-corrected chi connectivity index (χ4v) is 3.17. The summed E-state index contributed by atoms with van der Waals surface area (Å²) in [6.07, 6.45) is 6.54. The third kappa shape index (κ3) is 5.41. The molecule has 0 spiro atoms. The normalized spacial score (nSPS) is 20.1. The molecule has 1 aliphatic rings. The van der Waals surface area contributed by atoms with Crippen molar-refractivity contribution in [1.29, 1.82) is 0 Å². The third-order valence-corrected chi connectivity index (χ3v) is 4.60. The highest BCUT2D eigenvalue weighted by Crippen LogP contribution is 2.38. The van der Waals surface area contributed by atoms with Crippen LogP contribution in [-0.4, -0.2) is 44.0 Å². The molecule has 1 fully saturated rings. The van der Waals surface area contributed by atoms with Crippen LogP contribution in [-0.2, 0) is 4.79 Å². The quantitative estimate of drug-likeness (QED) is 0.751. The van der Waals surface area contributed by atoms with Crippen LogP contribution in [0.4, 0.5) is 0 Å². The van der Waals surface area contributed by atoms with Gasteiger partial charge in [-0.25, -0.2) is 0 Å². The van der Waals surface area contributed by atoms with Crippen molar-refractivity contribution in [3.63, 3.8) is 0 Å². The standard InChI is InChI=1S/C16H33N3O/c1-13(2)14(11-19(3)4)18-15(20)10-16(12-17)8-6-5-7-9-16/h13-14H,5-12,17H2,1-4H3,(H,18,20). The van der Waals surface area contributed by atoms with Gasteiger partial charge in [0, 0.05) is 19.0 Å². The molecule has 1 rings (SSSR count). The summed E-state index contributed by atoms with van der Waals surface area (Å²) in [4.78, 5) is 14.5. The van der Waals surface area contributed by atoms with E-state index in [1.165, 1.54) is 19.3 Å². The Hall–Kier alpha value is -0.610. The third-order valence-electron chi connectivity index (χ3n) is 4.60. The Morgan fingerprint density at radius 2 is 1.85 bits per heavy atom. The van der Waals surface area contributed by atoms with Crippen molar-refractivity contribution in [1.82, 2.24) is 10.2 Å². The Bertz CT molecular complexity index is 296. The van der Waals surface area contributed by atoms with E-state index in [0.29, 0.717) is 18.9 Å². The molecule has 4 heteroatoms. The fourth-order valence-electron chi connectivity index (χ4n) is 3.17. The topological polar surface area (TPSA) is 58.4 Å². The van der Waals surface area contributed by atoms with Crippen LogP contribution in [0.5, 0.6) is 0 Å². The molecule has 1 saturated carbocycles. The van der Waals surface area contributed by atoms with Crippen molar-refractivity contribution in [3.05, 3.63) is 0 Å². The van der Waals surface area contributed by atoms with Gasteiger partial charge >= 0.3 is 0 Å². The van der Waals surface area contributed by atoms with Crippen LogP contribution in [0, 0.1) is 11.3 Å². The smallest absolute Gasteiger partial charge is 0.220 e. The molecule has 1 amide bonds. The number of rotatable bonds is 7. The molecule has 20 heavy (non-hydrogen) atoms. The van der Waals surface area contributed by atoms with Gasteiger partial charge in [-0.15, -0.1) is 0 Å². The van der Waals surface area contributed by atoms with Crippen molar-refractivity contribution in [3.8, 4) is 0 Å². The van der Waals surface area contributed by atoms with Crippen LogP contribution in [0.3, 0.4) is 0 Å². The van der Waals surface area contributed by atoms with Gasteiger partial charge in [-0.1, -0.05) is 33.1 Å². The van der Waals surface area contributed by atoms with Crippen LogP contribution >= 0.6 is 0 Å². The maximum Gasteiger partial charge on any atom is 0.220 e. The number of hydrogen-bond acceptors (Lipinski definition) is 3. The van der Waals surface area contributed by atoms with Gasteiger partial charge in [0.15, 0.2) is 0 Å². The zero-order valence-corrected chi connectivity index (χ0v) is 13.7. The molecule has 0 radical (unpaired) electrons. The van der Waals surface area contributed by atoms with Crippen molar-refractivity contribution >= 4 is 5.91 Å². The van der Waals surface area contributed by atoms with Gasteiger partial charge in [0.2, 0.25) is 5.91 Å². The Morgan fingerprint density at radius 1 is 1.25 bits per heavy atom. The van der Waals surface area contributed by atoms with Gasteiger partial charge in [-0.2, -0.15) is 0 Å². The summed E-state index contributed by atoms with van der Waals surface area (Å²) in [6.45, 7) is 5.85. The molecule has 0 saturated heterocycles. The zero-order valence-electron chi connectivity index (χ0n) is 13.7. The van der Waals surface area contributed by atoms with E-state index in [0.717, 1.165) is 19.4 Å². The lowest BCUT2D eigenvalue weighted by molar-refractivity contribution is -0.125. The summed E-state index contributed by atoms with van der Waals surface area (Å²) < 4.78 is 0. The minimum absolute atomic E-state index is 0.0575. The summed E-state index contributed by atoms with van der Waals surface area (Å²) in [7, 11) is 4.09. The first kappa shape index (κ1) is 17.4. The average molecular weight is 283 g/mol. The van der Waals surface area contributed by atoms with E-state index in [4.69, 9.17) is 5.73 Å². The lowest BCUT2D eigenvalue weighted by Crippen LogP contribution is -2.47. The van der Waals surface area contributed by atoms with Crippen molar-refractivity contribution in [2.45, 2.75) is 58.4 Å². The largest absolute Gasteiger partial charge is 0.352 e. The number of nitrogens with one attached hydrogen (secondary N) is 1. The average Bonchev–Trinajstić information content (AvgIpc) is 2.38. The van der Waals surface area contributed by atoms with Crippen molar-refractivity contribution in [2.75, 3.05) is 27.2 Å². The molecule has 3 N–H and O–H groups in total. The highest BCUT2D eigenvalue weighted by molar-refractivity contribution is 5.77. The second kappa shape index (κ2) is 7.99. The first-order valence-electron chi connectivity index (χ1n) is 8.03. The van der Waals surface area contributed by atoms with Gasteiger partial charge in [0.1, 0.15) is 0 Å². The van der Waals surface area contributed by atoms with Gasteiger partial charge < -0.3 is 16.0 Å². The number of carbonyl (C=O) groups is 1. The molecule has 1 atom stereocenters. The van der Waals surface area contributed by atoms with Crippen LogP contribution in [0.2, 0.25) is 0 Å². The molecule has 0 aliphatic heterocycles. The highest BCUT2D eigenvalue weighted by Gasteiger charge is 2.33. The van der Waals surface area contributed by atoms with E-state index in [2.05, 4.69) is 24.1 Å². The molecule has 1 unspecified atom stereocenters. The van der Waals surface area contributed by atoms with Gasteiger partial charge in [-0.05, 0) is 44.8 Å². The Morgan fingerprint density at radius 3 is 2.30 bits per heavy atom. The molecule has 0 aromatic heterocycles. The lowest BCUT2D eigenvalue weighted by Gasteiger charge is -2.36. The first-order valence-corrected chi connectivity index (χ1v) is 8.03. The number of amides is 1. The van der Waals surface area contributed by atoms with Crippen LogP contribution < -0.4 is 11.1 Å². The predicted octanol–water partition coefficient (Wildman–Crippen LogP) is 1.99. The molecule has 0 bridgehead atoms. The van der Waals surface area contributed by atoms with Gasteiger partial charge in [0.05, 0.1) is 0 Å². The van der Waals surface area contributed by atoms with E-state index in [-0.39, 0.29) is 17.4 Å². The Kier molecular flexibility index (Phi) is 6.96. The first-order chi connectivity index (χ1) is 9.38. The van der Waals surface area contributed by atoms with Crippen LogP contribution in [0.15, 0.2) is 0 Å². The SMILES string of the molecule is CC(C)C(CN(C)C)NC(=O)CC1(CN)CCCCC1. The highest BCUT2D eigenvalue weighted by atomic mass is 16.1. The predicted molar refractivity (Wildman–Crippen MR) is 84.5 cm³/mol. The minimum Gasteiger partial charge on any atom is -0.352 e. The molecular weight excluding hydrogens is 250 g/mol. The number of carbonyl (C=O) groups excluding carboxylic acids is 1. The monoisotopic (exact) mass is 283 g/mol. The van der Waals surface area contributed by atoms with E-state index in [1.54, 1.807) is 0 Å². The van der Waals surface area contributed by atoms with E-state index < -0.39 is 0 Å². The summed E-state index contributed by atoms with van der Waals surface area (Å²) >= 11 is 0. The molecule has 0 aromatic rings. The second-order valence-corrected chi connectivity index (χ2v) is 7.12. The zero-order chi connectivity index (χ0) is 15.2. The van der Waals surface area contributed by atoms with E-state index in [1.807, 2.05) is 14.1 Å². The Balaban J connectivity index is 2.55. The summed E-state index contributed by atoms with van der Waals surface area (Å²) in [5.74, 6) is 0.624.